The summed E-state index contributed by atoms with van der Waals surface area (Å²) in [5.41, 5.74) is -0.506. The van der Waals surface area contributed by atoms with Gasteiger partial charge in [-0.3, -0.25) is 10.1 Å². The van der Waals surface area contributed by atoms with E-state index < -0.39 is 34.1 Å². The summed E-state index contributed by atoms with van der Waals surface area (Å²) in [7, 11) is 0. The molecule has 0 saturated carbocycles. The molecule has 0 spiro atoms. The first-order valence-corrected chi connectivity index (χ1v) is 5.84. The lowest BCUT2D eigenvalue weighted by Crippen LogP contribution is -1.98. The molecule has 8 heteroatoms. The topological polar surface area (TPSA) is 85.5 Å². The Morgan fingerprint density at radius 3 is 2.67 bits per heavy atom. The Bertz CT molecular complexity index is 692. The molecule has 0 aliphatic carbocycles. The number of nitro benzene ring substituents is 1. The molecule has 2 aromatic rings. The van der Waals surface area contributed by atoms with Crippen molar-refractivity contribution in [3.63, 3.8) is 0 Å². The van der Waals surface area contributed by atoms with Gasteiger partial charge in [0.25, 0.3) is 0 Å². The number of aromatic nitrogens is 1. The van der Waals surface area contributed by atoms with Gasteiger partial charge < -0.3 is 9.84 Å². The molecule has 1 heterocycles. The third-order valence-corrected chi connectivity index (χ3v) is 2.65. The first kappa shape index (κ1) is 14.8. The summed E-state index contributed by atoms with van der Waals surface area (Å²) >= 11 is 0. The number of rotatable bonds is 4. The quantitative estimate of drug-likeness (QED) is 0.692. The van der Waals surface area contributed by atoms with E-state index in [1.165, 1.54) is 25.3 Å². The second kappa shape index (κ2) is 5.80. The molecule has 2 rings (SSSR count). The summed E-state index contributed by atoms with van der Waals surface area (Å²) in [6, 6.07) is 3.89. The molecule has 0 radical (unpaired) electrons. The Morgan fingerprint density at radius 1 is 1.33 bits per heavy atom. The fourth-order valence-electron chi connectivity index (χ4n) is 1.59. The molecule has 0 saturated heterocycles. The third kappa shape index (κ3) is 3.29. The minimum absolute atomic E-state index is 0.0689. The monoisotopic (exact) mass is 296 g/mol. The lowest BCUT2D eigenvalue weighted by atomic mass is 10.2. The van der Waals surface area contributed by atoms with Gasteiger partial charge in [-0.05, 0) is 18.6 Å². The molecule has 0 amide bonds. The van der Waals surface area contributed by atoms with Gasteiger partial charge in [0.2, 0.25) is 11.7 Å². The van der Waals surface area contributed by atoms with Crippen LogP contribution in [0.2, 0.25) is 0 Å². The minimum Gasteiger partial charge on any atom is -0.436 e. The zero-order valence-electron chi connectivity index (χ0n) is 10.8. The van der Waals surface area contributed by atoms with Gasteiger partial charge in [0, 0.05) is 18.3 Å². The average Bonchev–Trinajstić information content (AvgIpc) is 2.42. The van der Waals surface area contributed by atoms with Crippen LogP contribution in [0.15, 0.2) is 30.5 Å². The summed E-state index contributed by atoms with van der Waals surface area (Å²) < 4.78 is 32.2. The molecule has 1 N–H and O–H groups in total. The maximum absolute atomic E-state index is 13.7. The second-order valence-electron chi connectivity index (χ2n) is 4.20. The molecule has 0 aliphatic heterocycles. The molecule has 1 aromatic heterocycles. The van der Waals surface area contributed by atoms with Crippen LogP contribution in [-0.2, 0) is 0 Å². The van der Waals surface area contributed by atoms with Crippen LogP contribution >= 0.6 is 0 Å². The highest BCUT2D eigenvalue weighted by atomic mass is 19.1. The van der Waals surface area contributed by atoms with E-state index in [0.29, 0.717) is 17.7 Å². The molecule has 0 fully saturated rings. The van der Waals surface area contributed by atoms with Crippen molar-refractivity contribution >= 4 is 5.69 Å². The van der Waals surface area contributed by atoms with E-state index in [0.717, 1.165) is 0 Å². The summed E-state index contributed by atoms with van der Waals surface area (Å²) in [6.07, 6.45) is 0.547. The Kier molecular flexibility index (Phi) is 4.08. The van der Waals surface area contributed by atoms with Crippen LogP contribution in [0.1, 0.15) is 18.6 Å². The molecule has 0 aliphatic rings. The van der Waals surface area contributed by atoms with Crippen molar-refractivity contribution in [3.8, 4) is 11.6 Å². The number of hydrogen-bond donors (Lipinski definition) is 1. The summed E-state index contributed by atoms with van der Waals surface area (Å²) in [5.74, 6) is -2.91. The smallest absolute Gasteiger partial charge is 0.307 e. The van der Waals surface area contributed by atoms with Gasteiger partial charge in [-0.1, -0.05) is 0 Å². The third-order valence-electron chi connectivity index (χ3n) is 2.65. The number of benzene rings is 1. The van der Waals surface area contributed by atoms with E-state index in [4.69, 9.17) is 4.74 Å². The number of aliphatic hydroxyl groups is 1. The predicted octanol–water partition coefficient (Wildman–Crippen LogP) is 3.11. The maximum atomic E-state index is 13.7. The number of ether oxygens (including phenoxy) is 1. The van der Waals surface area contributed by atoms with E-state index in [9.17, 15) is 24.0 Å². The van der Waals surface area contributed by atoms with Crippen molar-refractivity contribution in [3.05, 3.63) is 57.8 Å². The second-order valence-corrected chi connectivity index (χ2v) is 4.20. The van der Waals surface area contributed by atoms with Crippen LogP contribution < -0.4 is 4.74 Å². The van der Waals surface area contributed by atoms with Crippen molar-refractivity contribution in [2.45, 2.75) is 13.0 Å². The summed E-state index contributed by atoms with van der Waals surface area (Å²) in [5, 5.41) is 19.9. The minimum atomic E-state index is -1.22. The molecular weight excluding hydrogens is 286 g/mol. The number of halogens is 2. The van der Waals surface area contributed by atoms with Crippen molar-refractivity contribution < 1.29 is 23.5 Å². The van der Waals surface area contributed by atoms with Crippen LogP contribution in [0.3, 0.4) is 0 Å². The van der Waals surface area contributed by atoms with Crippen molar-refractivity contribution in [1.82, 2.24) is 4.98 Å². The number of nitrogens with zero attached hydrogens (tertiary/aromatic N) is 2. The van der Waals surface area contributed by atoms with Crippen LogP contribution in [-0.4, -0.2) is 15.0 Å². The number of pyridine rings is 1. The van der Waals surface area contributed by atoms with E-state index >= 15 is 0 Å². The Morgan fingerprint density at radius 2 is 2.05 bits per heavy atom. The summed E-state index contributed by atoms with van der Waals surface area (Å²) in [6.45, 7) is 1.52. The molecule has 1 atom stereocenters. The van der Waals surface area contributed by atoms with E-state index in [1.54, 1.807) is 0 Å². The molecular formula is C13H10F2N2O4. The van der Waals surface area contributed by atoms with Gasteiger partial charge >= 0.3 is 5.69 Å². The SMILES string of the molecule is CC(O)c1ccnc(Oc2cc(F)c([N+](=O)[O-])cc2F)c1. The van der Waals surface area contributed by atoms with Gasteiger partial charge in [0.15, 0.2) is 11.6 Å². The molecule has 110 valence electrons. The lowest BCUT2D eigenvalue weighted by Gasteiger charge is -2.09. The van der Waals surface area contributed by atoms with Gasteiger partial charge in [-0.25, -0.2) is 9.37 Å². The number of aliphatic hydroxyl groups excluding tert-OH is 1. The highest BCUT2D eigenvalue weighted by Crippen LogP contribution is 2.30. The molecule has 0 bridgehead atoms. The Balaban J connectivity index is 2.34. The summed E-state index contributed by atoms with van der Waals surface area (Å²) in [4.78, 5) is 13.2. The van der Waals surface area contributed by atoms with Crippen molar-refractivity contribution in [2.24, 2.45) is 0 Å². The van der Waals surface area contributed by atoms with Gasteiger partial charge in [-0.2, -0.15) is 4.39 Å². The lowest BCUT2D eigenvalue weighted by molar-refractivity contribution is -0.387. The van der Waals surface area contributed by atoms with Crippen LogP contribution in [0, 0.1) is 21.7 Å². The van der Waals surface area contributed by atoms with Gasteiger partial charge in [0.1, 0.15) is 0 Å². The van der Waals surface area contributed by atoms with Crippen molar-refractivity contribution in [2.75, 3.05) is 0 Å². The van der Waals surface area contributed by atoms with Crippen molar-refractivity contribution in [1.29, 1.82) is 0 Å². The number of nitro groups is 1. The largest absolute Gasteiger partial charge is 0.436 e. The van der Waals surface area contributed by atoms with Crippen LogP contribution in [0.4, 0.5) is 14.5 Å². The molecule has 21 heavy (non-hydrogen) atoms. The van der Waals surface area contributed by atoms with Gasteiger partial charge in [0.05, 0.1) is 17.1 Å². The van der Waals surface area contributed by atoms with E-state index in [2.05, 4.69) is 4.98 Å². The molecule has 1 unspecified atom stereocenters. The first-order chi connectivity index (χ1) is 9.88. The predicted molar refractivity (Wildman–Crippen MR) is 68.0 cm³/mol. The fourth-order valence-corrected chi connectivity index (χ4v) is 1.59. The zero-order chi connectivity index (χ0) is 15.6. The van der Waals surface area contributed by atoms with E-state index in [1.807, 2.05) is 0 Å². The normalized spacial score (nSPS) is 12.0. The highest BCUT2D eigenvalue weighted by molar-refractivity contribution is 5.41. The van der Waals surface area contributed by atoms with Crippen LogP contribution in [0.5, 0.6) is 11.6 Å². The van der Waals surface area contributed by atoms with Gasteiger partial charge in [-0.15, -0.1) is 0 Å². The fraction of sp³-hybridized carbons (Fsp3) is 0.154. The highest BCUT2D eigenvalue weighted by Gasteiger charge is 2.20. The van der Waals surface area contributed by atoms with E-state index in [-0.39, 0.29) is 5.88 Å². The molecule has 6 nitrogen and oxygen atoms in total. The zero-order valence-corrected chi connectivity index (χ0v) is 10.8. The average molecular weight is 296 g/mol. The standard InChI is InChI=1S/C13H10F2N2O4/c1-7(18)8-2-3-16-13(4-8)21-12-6-9(14)11(17(19)20)5-10(12)15/h2-7,18H,1H3. The first-order valence-electron chi connectivity index (χ1n) is 5.84. The number of hydrogen-bond acceptors (Lipinski definition) is 5. The van der Waals surface area contributed by atoms with Crippen LogP contribution in [0.25, 0.3) is 0 Å². The Hall–Kier alpha value is -2.61. The maximum Gasteiger partial charge on any atom is 0.307 e. The Labute approximate surface area is 117 Å². The molecule has 1 aromatic carbocycles.